The number of anilines is 4. The Morgan fingerprint density at radius 3 is 2.66 bits per heavy atom. The van der Waals surface area contributed by atoms with Crippen molar-refractivity contribution in [1.29, 1.82) is 0 Å². The summed E-state index contributed by atoms with van der Waals surface area (Å²) in [6.45, 7) is 0.365. The van der Waals surface area contributed by atoms with Crippen LogP contribution in [0, 0.1) is 0 Å². The van der Waals surface area contributed by atoms with Crippen LogP contribution in [-0.2, 0) is 6.54 Å². The fourth-order valence-corrected chi connectivity index (χ4v) is 2.97. The van der Waals surface area contributed by atoms with Crippen LogP contribution in [0.2, 0.25) is 5.02 Å². The van der Waals surface area contributed by atoms with Gasteiger partial charge in [0, 0.05) is 22.9 Å². The Labute approximate surface area is 170 Å². The van der Waals surface area contributed by atoms with Gasteiger partial charge in [-0.1, -0.05) is 29.8 Å². The minimum Gasteiger partial charge on any atom is -0.352 e. The number of hydrogen-bond acceptors (Lipinski definition) is 6. The molecule has 10 heteroatoms. The fourth-order valence-electron chi connectivity index (χ4n) is 2.78. The monoisotopic (exact) mass is 408 g/mol. The van der Waals surface area contributed by atoms with Crippen molar-refractivity contribution < 1.29 is 4.79 Å². The molecule has 2 aromatic carbocycles. The molecule has 146 valence electrons. The van der Waals surface area contributed by atoms with E-state index < -0.39 is 6.03 Å². The number of benzene rings is 2. The Hall–Kier alpha value is -3.85. The molecule has 0 radical (unpaired) electrons. The number of halogens is 1. The molecule has 2 heterocycles. The van der Waals surface area contributed by atoms with Gasteiger partial charge in [0.1, 0.15) is 23.3 Å². The third-order valence-corrected chi connectivity index (χ3v) is 4.36. The first-order chi connectivity index (χ1) is 14.1. The number of nitrogens with one attached hydrogen (secondary N) is 4. The van der Waals surface area contributed by atoms with Gasteiger partial charge in [-0.05, 0) is 35.9 Å². The topological polar surface area (TPSA) is 134 Å². The highest BCUT2D eigenvalue weighted by molar-refractivity contribution is 6.30. The predicted molar refractivity (Wildman–Crippen MR) is 113 cm³/mol. The molecule has 0 atom stereocenters. The van der Waals surface area contributed by atoms with Crippen LogP contribution < -0.4 is 21.7 Å². The third kappa shape index (κ3) is 4.36. The summed E-state index contributed by atoms with van der Waals surface area (Å²) in [5.74, 6) is 1.24. The molecule has 0 saturated carbocycles. The quantitative estimate of drug-likeness (QED) is 0.330. The molecule has 0 aliphatic rings. The maximum atomic E-state index is 10.8. The van der Waals surface area contributed by atoms with Gasteiger partial charge in [0.15, 0.2) is 5.65 Å². The number of rotatable bonds is 6. The Kier molecular flexibility index (Phi) is 5.12. The zero-order valence-corrected chi connectivity index (χ0v) is 15.9. The summed E-state index contributed by atoms with van der Waals surface area (Å²) in [5, 5.41) is 17.6. The maximum Gasteiger partial charge on any atom is 0.312 e. The van der Waals surface area contributed by atoms with Gasteiger partial charge in [-0.3, -0.25) is 5.10 Å². The number of hydrogen-bond donors (Lipinski definition) is 5. The summed E-state index contributed by atoms with van der Waals surface area (Å²) in [6, 6.07) is 14.3. The second kappa shape index (κ2) is 8.03. The number of primary amides is 1. The highest BCUT2D eigenvalue weighted by atomic mass is 35.5. The molecule has 0 spiro atoms. The zero-order valence-electron chi connectivity index (χ0n) is 15.1. The number of H-pyrrole nitrogens is 1. The van der Waals surface area contributed by atoms with E-state index in [2.05, 4.69) is 36.1 Å². The van der Waals surface area contributed by atoms with Crippen LogP contribution in [0.25, 0.3) is 11.0 Å². The zero-order chi connectivity index (χ0) is 20.2. The SMILES string of the molecule is NC(=O)NCc1ccc(Nc2[nH]nc3ncnc(Nc4cccc(Cl)c4)c23)cc1. The van der Waals surface area contributed by atoms with E-state index in [0.717, 1.165) is 16.9 Å². The van der Waals surface area contributed by atoms with Crippen LogP contribution in [0.3, 0.4) is 0 Å². The summed E-state index contributed by atoms with van der Waals surface area (Å²) in [6.07, 6.45) is 1.44. The second-order valence-electron chi connectivity index (χ2n) is 6.19. The molecular formula is C19H17ClN8O. The van der Waals surface area contributed by atoms with E-state index in [1.54, 1.807) is 6.07 Å². The van der Waals surface area contributed by atoms with E-state index >= 15 is 0 Å². The lowest BCUT2D eigenvalue weighted by molar-refractivity contribution is 0.248. The van der Waals surface area contributed by atoms with Gasteiger partial charge < -0.3 is 21.7 Å². The average molecular weight is 409 g/mol. The summed E-state index contributed by atoms with van der Waals surface area (Å²) in [7, 11) is 0. The number of carbonyl (C=O) groups excluding carboxylic acids is 1. The van der Waals surface area contributed by atoms with E-state index in [0.29, 0.717) is 34.2 Å². The lowest BCUT2D eigenvalue weighted by Gasteiger charge is -2.09. The number of urea groups is 1. The molecule has 2 aromatic heterocycles. The lowest BCUT2D eigenvalue weighted by atomic mass is 10.2. The molecule has 0 aliphatic carbocycles. The number of nitrogens with two attached hydrogens (primary N) is 1. The number of nitrogens with zero attached hydrogens (tertiary/aromatic N) is 3. The van der Waals surface area contributed by atoms with Crippen molar-refractivity contribution >= 4 is 51.7 Å². The van der Waals surface area contributed by atoms with Crippen molar-refractivity contribution in [3.05, 3.63) is 65.4 Å². The Bertz CT molecular complexity index is 1160. The maximum absolute atomic E-state index is 10.8. The third-order valence-electron chi connectivity index (χ3n) is 4.13. The van der Waals surface area contributed by atoms with Crippen molar-refractivity contribution in [2.75, 3.05) is 10.6 Å². The average Bonchev–Trinajstić information content (AvgIpc) is 3.11. The first-order valence-electron chi connectivity index (χ1n) is 8.69. The predicted octanol–water partition coefficient (Wildman–Crippen LogP) is 3.66. The molecule has 4 aromatic rings. The van der Waals surface area contributed by atoms with Gasteiger partial charge in [0.2, 0.25) is 0 Å². The van der Waals surface area contributed by atoms with Crippen molar-refractivity contribution in [2.24, 2.45) is 5.73 Å². The Morgan fingerprint density at radius 1 is 1.07 bits per heavy atom. The number of aromatic amines is 1. The minimum absolute atomic E-state index is 0.365. The molecule has 0 bridgehead atoms. The molecule has 0 fully saturated rings. The van der Waals surface area contributed by atoms with E-state index in [9.17, 15) is 4.79 Å². The van der Waals surface area contributed by atoms with Gasteiger partial charge in [-0.2, -0.15) is 5.10 Å². The smallest absolute Gasteiger partial charge is 0.312 e. The molecule has 4 rings (SSSR count). The van der Waals surface area contributed by atoms with Gasteiger partial charge in [0.05, 0.1) is 0 Å². The van der Waals surface area contributed by atoms with Crippen LogP contribution >= 0.6 is 11.6 Å². The number of amides is 2. The van der Waals surface area contributed by atoms with Crippen LogP contribution in [0.15, 0.2) is 54.9 Å². The number of carbonyl (C=O) groups is 1. The largest absolute Gasteiger partial charge is 0.352 e. The molecule has 29 heavy (non-hydrogen) atoms. The molecule has 0 aliphatic heterocycles. The fraction of sp³-hybridized carbons (Fsp3) is 0.0526. The van der Waals surface area contributed by atoms with Gasteiger partial charge in [-0.25, -0.2) is 14.8 Å². The van der Waals surface area contributed by atoms with Crippen molar-refractivity contribution in [2.45, 2.75) is 6.54 Å². The van der Waals surface area contributed by atoms with E-state index in [-0.39, 0.29) is 0 Å². The van der Waals surface area contributed by atoms with Crippen molar-refractivity contribution in [3.63, 3.8) is 0 Å². The lowest BCUT2D eigenvalue weighted by Crippen LogP contribution is -2.28. The molecule has 0 unspecified atom stereocenters. The van der Waals surface area contributed by atoms with Crippen LogP contribution in [0.1, 0.15) is 5.56 Å². The first-order valence-corrected chi connectivity index (χ1v) is 9.07. The van der Waals surface area contributed by atoms with Gasteiger partial charge >= 0.3 is 6.03 Å². The van der Waals surface area contributed by atoms with Crippen LogP contribution in [0.4, 0.5) is 27.8 Å². The number of aromatic nitrogens is 4. The normalized spacial score (nSPS) is 10.7. The Balaban J connectivity index is 1.59. The Morgan fingerprint density at radius 2 is 1.90 bits per heavy atom. The summed E-state index contributed by atoms with van der Waals surface area (Å²) >= 11 is 6.07. The molecule has 2 amide bonds. The summed E-state index contributed by atoms with van der Waals surface area (Å²) < 4.78 is 0. The minimum atomic E-state index is -0.559. The highest BCUT2D eigenvalue weighted by Gasteiger charge is 2.13. The number of fused-ring (bicyclic) bond motifs is 1. The van der Waals surface area contributed by atoms with Crippen molar-refractivity contribution in [3.8, 4) is 0 Å². The first kappa shape index (κ1) is 18.5. The molecule has 9 nitrogen and oxygen atoms in total. The van der Waals surface area contributed by atoms with Crippen LogP contribution in [0.5, 0.6) is 0 Å². The second-order valence-corrected chi connectivity index (χ2v) is 6.63. The van der Waals surface area contributed by atoms with Crippen molar-refractivity contribution in [1.82, 2.24) is 25.5 Å². The van der Waals surface area contributed by atoms with E-state index in [1.807, 2.05) is 42.5 Å². The van der Waals surface area contributed by atoms with Crippen LogP contribution in [-0.4, -0.2) is 26.2 Å². The van der Waals surface area contributed by atoms with E-state index in [1.165, 1.54) is 6.33 Å². The van der Waals surface area contributed by atoms with E-state index in [4.69, 9.17) is 17.3 Å². The summed E-state index contributed by atoms with van der Waals surface area (Å²) in [5.41, 5.74) is 8.17. The molecular weight excluding hydrogens is 392 g/mol. The highest BCUT2D eigenvalue weighted by Crippen LogP contribution is 2.30. The van der Waals surface area contributed by atoms with Gasteiger partial charge in [0.25, 0.3) is 0 Å². The molecule has 6 N–H and O–H groups in total. The molecule has 0 saturated heterocycles. The van der Waals surface area contributed by atoms with Gasteiger partial charge in [-0.15, -0.1) is 0 Å². The summed E-state index contributed by atoms with van der Waals surface area (Å²) in [4.78, 5) is 19.4. The standard InChI is InChI=1S/C19H17ClN8O/c20-12-2-1-3-14(8-12)26-16-15-17(24-10-23-16)27-28-18(15)25-13-6-4-11(5-7-13)9-22-19(21)29/h1-8,10H,9H2,(H3,21,22,29)(H3,23,24,25,26,27,28).